The zero-order valence-corrected chi connectivity index (χ0v) is 11.9. The molecule has 0 unspecified atom stereocenters. The van der Waals surface area contributed by atoms with E-state index in [1.807, 2.05) is 12.1 Å². The summed E-state index contributed by atoms with van der Waals surface area (Å²) in [5.74, 6) is 0.768. The number of methoxy groups -OCH3 is 1. The minimum absolute atomic E-state index is 0.00672. The van der Waals surface area contributed by atoms with Crippen molar-refractivity contribution in [2.75, 3.05) is 18.6 Å². The number of hydrogen-bond donors (Lipinski definition) is 2. The van der Waals surface area contributed by atoms with Crippen molar-refractivity contribution in [2.24, 2.45) is 0 Å². The van der Waals surface area contributed by atoms with E-state index in [2.05, 4.69) is 0 Å². The first-order chi connectivity index (χ1) is 10.0. The molecule has 6 nitrogen and oxygen atoms in total. The van der Waals surface area contributed by atoms with Crippen LogP contribution in [0.2, 0.25) is 0 Å². The zero-order valence-electron chi connectivity index (χ0n) is 11.1. The van der Waals surface area contributed by atoms with Crippen molar-refractivity contribution >= 4 is 23.7 Å². The van der Waals surface area contributed by atoms with E-state index < -0.39 is 0 Å². The molecule has 21 heavy (non-hydrogen) atoms. The van der Waals surface area contributed by atoms with E-state index in [1.54, 1.807) is 31.4 Å². The minimum atomic E-state index is 0.00672. The van der Waals surface area contributed by atoms with Gasteiger partial charge in [-0.15, -0.1) is 0 Å². The Labute approximate surface area is 126 Å². The van der Waals surface area contributed by atoms with Crippen LogP contribution < -0.4 is 16.2 Å². The number of aromatic nitrogens is 1. The van der Waals surface area contributed by atoms with Gasteiger partial charge in [0.25, 0.3) is 0 Å². The summed E-state index contributed by atoms with van der Waals surface area (Å²) in [6, 6.07) is 10.7. The van der Waals surface area contributed by atoms with E-state index in [0.717, 1.165) is 0 Å². The van der Waals surface area contributed by atoms with Gasteiger partial charge in [-0.3, -0.25) is 4.57 Å². The van der Waals surface area contributed by atoms with Crippen LogP contribution in [0.1, 0.15) is 11.1 Å². The van der Waals surface area contributed by atoms with Crippen LogP contribution in [-0.4, -0.2) is 11.7 Å². The molecule has 104 valence electrons. The molecule has 0 saturated carbocycles. The summed E-state index contributed by atoms with van der Waals surface area (Å²) >= 11 is 5.26. The lowest BCUT2D eigenvalue weighted by molar-refractivity contribution is 0.414. The predicted molar refractivity (Wildman–Crippen MR) is 81.4 cm³/mol. The van der Waals surface area contributed by atoms with Gasteiger partial charge in [-0.1, -0.05) is 12.2 Å². The number of pyridine rings is 1. The number of hydrogen-bond acceptors (Lipinski definition) is 6. The molecule has 0 spiro atoms. The van der Waals surface area contributed by atoms with Crippen molar-refractivity contribution in [3.8, 4) is 23.6 Å². The van der Waals surface area contributed by atoms with Gasteiger partial charge in [-0.25, -0.2) is 0 Å². The fourth-order valence-electron chi connectivity index (χ4n) is 1.92. The van der Waals surface area contributed by atoms with Gasteiger partial charge in [-0.2, -0.15) is 10.5 Å². The lowest BCUT2D eigenvalue weighted by Crippen LogP contribution is -2.12. The molecule has 4 N–H and O–H groups in total. The summed E-state index contributed by atoms with van der Waals surface area (Å²) in [6.07, 6.45) is 0. The van der Waals surface area contributed by atoms with Crippen molar-refractivity contribution in [2.45, 2.75) is 0 Å². The summed E-state index contributed by atoms with van der Waals surface area (Å²) in [4.78, 5) is 0. The number of nitrogens with two attached hydrogens (primary N) is 2. The third-order valence-corrected chi connectivity index (χ3v) is 3.39. The number of benzene rings is 1. The predicted octanol–water partition coefficient (Wildman–Crippen LogP) is 2.12. The summed E-state index contributed by atoms with van der Waals surface area (Å²) < 4.78 is 6.69. The van der Waals surface area contributed by atoms with E-state index in [1.165, 1.54) is 4.57 Å². The molecule has 0 aliphatic carbocycles. The highest BCUT2D eigenvalue weighted by molar-refractivity contribution is 7.71. The summed E-state index contributed by atoms with van der Waals surface area (Å²) in [7, 11) is 1.56. The summed E-state index contributed by atoms with van der Waals surface area (Å²) in [5, 5.41) is 18.4. The maximum Gasteiger partial charge on any atom is 0.132 e. The average molecular weight is 297 g/mol. The minimum Gasteiger partial charge on any atom is -0.497 e. The van der Waals surface area contributed by atoms with Gasteiger partial charge in [-0.05, 0) is 24.3 Å². The molecule has 2 rings (SSSR count). The van der Waals surface area contributed by atoms with Crippen LogP contribution in [-0.2, 0) is 0 Å². The van der Waals surface area contributed by atoms with Crippen molar-refractivity contribution in [3.63, 3.8) is 0 Å². The lowest BCUT2D eigenvalue weighted by atomic mass is 10.1. The van der Waals surface area contributed by atoms with Gasteiger partial charge in [0, 0.05) is 5.69 Å². The number of anilines is 2. The van der Waals surface area contributed by atoms with E-state index >= 15 is 0 Å². The smallest absolute Gasteiger partial charge is 0.132 e. The Morgan fingerprint density at radius 1 is 1.10 bits per heavy atom. The standard InChI is InChI=1S/C14H11N5OS/c1-20-9-4-2-8(3-5-9)19-13(18)10(6-15)12(17)11(7-16)14(19)21/h2-5H,17-18H2,1H3. The monoisotopic (exact) mass is 297 g/mol. The molecule has 0 radical (unpaired) electrons. The highest BCUT2D eigenvalue weighted by Crippen LogP contribution is 2.28. The molecule has 0 aliphatic heterocycles. The molecular weight excluding hydrogens is 286 g/mol. The second-order valence-electron chi connectivity index (χ2n) is 4.11. The molecule has 0 saturated heterocycles. The van der Waals surface area contributed by atoms with Crippen molar-refractivity contribution in [1.29, 1.82) is 10.5 Å². The Morgan fingerprint density at radius 2 is 1.67 bits per heavy atom. The molecule has 0 amide bonds. The van der Waals surface area contributed by atoms with Crippen LogP contribution in [0.25, 0.3) is 5.69 Å². The number of nitriles is 2. The molecular formula is C14H11N5OS. The number of nitrogen functional groups attached to an aromatic ring is 2. The summed E-state index contributed by atoms with van der Waals surface area (Å²) in [6.45, 7) is 0. The van der Waals surface area contributed by atoms with Crippen LogP contribution >= 0.6 is 12.2 Å². The van der Waals surface area contributed by atoms with E-state index in [-0.39, 0.29) is 27.3 Å². The Kier molecular flexibility index (Phi) is 3.79. The largest absolute Gasteiger partial charge is 0.497 e. The van der Waals surface area contributed by atoms with Crippen LogP contribution in [0.15, 0.2) is 24.3 Å². The number of rotatable bonds is 2. The molecule has 1 aromatic carbocycles. The topological polar surface area (TPSA) is 114 Å². The van der Waals surface area contributed by atoms with Crippen molar-refractivity contribution in [1.82, 2.24) is 4.57 Å². The van der Waals surface area contributed by atoms with E-state index in [9.17, 15) is 10.5 Å². The zero-order chi connectivity index (χ0) is 15.6. The molecule has 0 atom stereocenters. The maximum absolute atomic E-state index is 9.18. The third kappa shape index (κ3) is 2.27. The van der Waals surface area contributed by atoms with Gasteiger partial charge < -0.3 is 16.2 Å². The molecule has 0 aliphatic rings. The van der Waals surface area contributed by atoms with Crippen LogP contribution in [0.5, 0.6) is 5.75 Å². The molecule has 1 aromatic heterocycles. The van der Waals surface area contributed by atoms with Crippen molar-refractivity contribution < 1.29 is 4.74 Å². The van der Waals surface area contributed by atoms with Crippen LogP contribution in [0, 0.1) is 27.3 Å². The first-order valence-corrected chi connectivity index (χ1v) is 6.24. The third-order valence-electron chi connectivity index (χ3n) is 3.01. The van der Waals surface area contributed by atoms with Crippen LogP contribution in [0.3, 0.4) is 0 Å². The molecule has 2 aromatic rings. The Balaban J connectivity index is 2.83. The fourth-order valence-corrected chi connectivity index (χ4v) is 2.28. The van der Waals surface area contributed by atoms with Crippen LogP contribution in [0.4, 0.5) is 11.5 Å². The second kappa shape index (κ2) is 5.53. The fraction of sp³-hybridized carbons (Fsp3) is 0.0714. The number of ether oxygens (including phenoxy) is 1. The quantitative estimate of drug-likeness (QED) is 0.821. The lowest BCUT2D eigenvalue weighted by Gasteiger charge is -2.15. The van der Waals surface area contributed by atoms with Crippen molar-refractivity contribution in [3.05, 3.63) is 40.0 Å². The Morgan fingerprint density at radius 3 is 2.14 bits per heavy atom. The first kappa shape index (κ1) is 14.4. The molecule has 1 heterocycles. The maximum atomic E-state index is 9.18. The van der Waals surface area contributed by atoms with Gasteiger partial charge in [0.05, 0.1) is 12.8 Å². The molecule has 0 bridgehead atoms. The highest BCUT2D eigenvalue weighted by Gasteiger charge is 2.17. The first-order valence-electron chi connectivity index (χ1n) is 5.83. The Bertz CT molecular complexity index is 840. The average Bonchev–Trinajstić information content (AvgIpc) is 2.49. The highest BCUT2D eigenvalue weighted by atomic mass is 32.1. The number of nitrogens with zero attached hydrogens (tertiary/aromatic N) is 3. The second-order valence-corrected chi connectivity index (χ2v) is 4.50. The van der Waals surface area contributed by atoms with E-state index in [0.29, 0.717) is 11.4 Å². The molecule has 7 heteroatoms. The van der Waals surface area contributed by atoms with Gasteiger partial charge in [0.2, 0.25) is 0 Å². The van der Waals surface area contributed by atoms with Gasteiger partial charge >= 0.3 is 0 Å². The SMILES string of the molecule is COc1ccc(-n2c(N)c(C#N)c(N)c(C#N)c2=S)cc1. The summed E-state index contributed by atoms with van der Waals surface area (Å²) in [5.41, 5.74) is 12.5. The normalized spacial score (nSPS) is 9.67. The Hall–Kier alpha value is -3.03. The van der Waals surface area contributed by atoms with Gasteiger partial charge in [0.15, 0.2) is 0 Å². The van der Waals surface area contributed by atoms with Gasteiger partial charge in [0.1, 0.15) is 39.5 Å². The molecule has 0 fully saturated rings. The van der Waals surface area contributed by atoms with E-state index in [4.69, 9.17) is 28.4 Å².